The average molecular weight is 448 g/mol. The molecule has 3 N–H and O–H groups in total. The van der Waals surface area contributed by atoms with Crippen molar-refractivity contribution in [3.8, 4) is 28.7 Å². The summed E-state index contributed by atoms with van der Waals surface area (Å²) in [5, 5.41) is 31.4. The summed E-state index contributed by atoms with van der Waals surface area (Å²) in [6.45, 7) is 0. The Balaban J connectivity index is 1.76. The summed E-state index contributed by atoms with van der Waals surface area (Å²) >= 11 is 0. The van der Waals surface area contributed by atoms with Gasteiger partial charge in [0.1, 0.15) is 28.9 Å². The van der Waals surface area contributed by atoms with E-state index in [4.69, 9.17) is 14.2 Å². The first-order chi connectivity index (χ1) is 15.9. The molecule has 0 fully saturated rings. The van der Waals surface area contributed by atoms with Crippen molar-refractivity contribution in [2.75, 3.05) is 14.2 Å². The van der Waals surface area contributed by atoms with Crippen LogP contribution in [0.15, 0.2) is 60.7 Å². The zero-order valence-corrected chi connectivity index (χ0v) is 18.2. The molecule has 33 heavy (non-hydrogen) atoms. The predicted octanol–water partition coefficient (Wildman–Crippen LogP) is 4.05. The van der Waals surface area contributed by atoms with Crippen LogP contribution < -0.4 is 14.2 Å². The number of fused-ring (bicyclic) bond motifs is 1. The van der Waals surface area contributed by atoms with Gasteiger partial charge < -0.3 is 29.5 Å². The van der Waals surface area contributed by atoms with Gasteiger partial charge in [0.2, 0.25) is 0 Å². The zero-order valence-electron chi connectivity index (χ0n) is 18.2. The van der Waals surface area contributed by atoms with Crippen LogP contribution in [-0.2, 0) is 6.42 Å². The number of ether oxygens (including phenoxy) is 3. The van der Waals surface area contributed by atoms with Gasteiger partial charge in [0.15, 0.2) is 17.3 Å². The number of allylic oxidation sites excluding steroid dienone is 1. The van der Waals surface area contributed by atoms with Crippen molar-refractivity contribution >= 4 is 11.9 Å². The lowest BCUT2D eigenvalue weighted by atomic mass is 9.91. The Morgan fingerprint density at radius 1 is 1.00 bits per heavy atom. The first kappa shape index (κ1) is 22.2. The minimum Gasteiger partial charge on any atom is -0.507 e. The van der Waals surface area contributed by atoms with E-state index in [1.165, 1.54) is 32.4 Å². The molecule has 2 atom stereocenters. The maximum atomic E-state index is 13.1. The second-order valence-corrected chi connectivity index (χ2v) is 7.63. The second-order valence-electron chi connectivity index (χ2n) is 7.63. The van der Waals surface area contributed by atoms with Crippen LogP contribution in [0.25, 0.3) is 6.08 Å². The Bertz CT molecular complexity index is 1200. The van der Waals surface area contributed by atoms with Gasteiger partial charge in [-0.25, -0.2) is 0 Å². The van der Waals surface area contributed by atoms with E-state index in [1.807, 2.05) is 30.3 Å². The van der Waals surface area contributed by atoms with Crippen LogP contribution in [0.5, 0.6) is 28.7 Å². The molecule has 1 heterocycles. The standard InChI is InChI=1S/C26H24O7/c1-31-22-14-20(29)24(19(28)10-8-15-6-4-3-5-7-15)26-17(22)13-21(30)25(33-26)16-9-11-18(27)23(12-16)32-2/h3-12,14,21,25,27,29-30H,13H2,1-2H3/b10-8+/t21-,25-/m0/s1. The van der Waals surface area contributed by atoms with Crippen LogP contribution in [0.2, 0.25) is 0 Å². The Morgan fingerprint density at radius 3 is 2.42 bits per heavy atom. The number of methoxy groups -OCH3 is 2. The lowest BCUT2D eigenvalue weighted by Gasteiger charge is -2.33. The van der Waals surface area contributed by atoms with E-state index in [0.717, 1.165) is 5.56 Å². The quantitative estimate of drug-likeness (QED) is 0.386. The number of hydrogen-bond donors (Lipinski definition) is 3. The predicted molar refractivity (Wildman–Crippen MR) is 122 cm³/mol. The van der Waals surface area contributed by atoms with Gasteiger partial charge in [-0.15, -0.1) is 0 Å². The largest absolute Gasteiger partial charge is 0.507 e. The molecule has 0 radical (unpaired) electrons. The molecule has 1 aliphatic rings. The van der Waals surface area contributed by atoms with Crippen molar-refractivity contribution in [1.82, 2.24) is 0 Å². The molecule has 0 spiro atoms. The number of phenols is 2. The number of benzene rings is 3. The lowest BCUT2D eigenvalue weighted by molar-refractivity contribution is 0.0190. The van der Waals surface area contributed by atoms with Crippen molar-refractivity contribution < 1.29 is 34.3 Å². The Labute approximate surface area is 191 Å². The van der Waals surface area contributed by atoms with E-state index in [2.05, 4.69) is 0 Å². The summed E-state index contributed by atoms with van der Waals surface area (Å²) in [5.41, 5.74) is 1.85. The molecule has 0 saturated heterocycles. The van der Waals surface area contributed by atoms with E-state index < -0.39 is 18.0 Å². The highest BCUT2D eigenvalue weighted by atomic mass is 16.5. The molecule has 0 unspecified atom stereocenters. The summed E-state index contributed by atoms with van der Waals surface area (Å²) in [7, 11) is 2.86. The third-order valence-electron chi connectivity index (χ3n) is 5.56. The van der Waals surface area contributed by atoms with Crippen LogP contribution in [-0.4, -0.2) is 41.4 Å². The fraction of sp³-hybridized carbons (Fsp3) is 0.192. The number of carbonyl (C=O) groups is 1. The lowest BCUT2D eigenvalue weighted by Crippen LogP contribution is -2.31. The van der Waals surface area contributed by atoms with Gasteiger partial charge in [0.25, 0.3) is 0 Å². The smallest absolute Gasteiger partial charge is 0.193 e. The van der Waals surface area contributed by atoms with E-state index in [-0.39, 0.29) is 35.0 Å². The highest BCUT2D eigenvalue weighted by Crippen LogP contribution is 2.46. The molecular weight excluding hydrogens is 424 g/mol. The van der Waals surface area contributed by atoms with Gasteiger partial charge in [-0.2, -0.15) is 0 Å². The number of phenolic OH excluding ortho intramolecular Hbond substituents is 2. The van der Waals surface area contributed by atoms with Gasteiger partial charge >= 0.3 is 0 Å². The summed E-state index contributed by atoms with van der Waals surface area (Å²) < 4.78 is 16.6. The molecule has 7 nitrogen and oxygen atoms in total. The SMILES string of the molecule is COc1cc([C@@H]2Oc3c(c(OC)cc(O)c3C(=O)/C=C/c3ccccc3)C[C@@H]2O)ccc1O. The fourth-order valence-electron chi connectivity index (χ4n) is 3.91. The van der Waals surface area contributed by atoms with E-state index in [1.54, 1.807) is 18.2 Å². The minimum atomic E-state index is -0.965. The van der Waals surface area contributed by atoms with Gasteiger partial charge in [-0.3, -0.25) is 4.79 Å². The van der Waals surface area contributed by atoms with Crippen LogP contribution in [0.1, 0.15) is 33.2 Å². The number of rotatable bonds is 6. The summed E-state index contributed by atoms with van der Waals surface area (Å²) in [6, 6.07) is 15.3. The van der Waals surface area contributed by atoms with Crippen LogP contribution in [0.4, 0.5) is 0 Å². The average Bonchev–Trinajstić information content (AvgIpc) is 2.83. The summed E-state index contributed by atoms with van der Waals surface area (Å²) in [6.07, 6.45) is 1.33. The molecule has 3 aromatic rings. The molecule has 4 rings (SSSR count). The molecule has 0 aromatic heterocycles. The molecule has 0 amide bonds. The van der Waals surface area contributed by atoms with E-state index in [9.17, 15) is 20.1 Å². The van der Waals surface area contributed by atoms with Crippen molar-refractivity contribution in [3.05, 3.63) is 82.9 Å². The van der Waals surface area contributed by atoms with Gasteiger partial charge in [-0.1, -0.05) is 42.5 Å². The molecule has 7 heteroatoms. The van der Waals surface area contributed by atoms with E-state index in [0.29, 0.717) is 16.9 Å². The summed E-state index contributed by atoms with van der Waals surface area (Å²) in [5.74, 6) is -0.0953. The summed E-state index contributed by atoms with van der Waals surface area (Å²) in [4.78, 5) is 13.1. The van der Waals surface area contributed by atoms with Crippen LogP contribution in [0.3, 0.4) is 0 Å². The molecule has 0 saturated carbocycles. The molecular formula is C26H24O7. The minimum absolute atomic E-state index is 0.0133. The zero-order chi connectivity index (χ0) is 23.5. The molecule has 0 bridgehead atoms. The van der Waals surface area contributed by atoms with Crippen molar-refractivity contribution in [3.63, 3.8) is 0 Å². The topological polar surface area (TPSA) is 105 Å². The molecule has 0 aliphatic carbocycles. The third kappa shape index (κ3) is 4.36. The maximum Gasteiger partial charge on any atom is 0.193 e. The van der Waals surface area contributed by atoms with Crippen LogP contribution in [0, 0.1) is 0 Å². The van der Waals surface area contributed by atoms with Gasteiger partial charge in [0.05, 0.1) is 20.3 Å². The second kappa shape index (κ2) is 9.26. The number of aliphatic hydroxyl groups excluding tert-OH is 1. The van der Waals surface area contributed by atoms with Crippen molar-refractivity contribution in [1.29, 1.82) is 0 Å². The number of aliphatic hydroxyl groups is 1. The van der Waals surface area contributed by atoms with Crippen LogP contribution >= 0.6 is 0 Å². The van der Waals surface area contributed by atoms with Crippen molar-refractivity contribution in [2.24, 2.45) is 0 Å². The molecule has 3 aromatic carbocycles. The van der Waals surface area contributed by atoms with E-state index >= 15 is 0 Å². The highest BCUT2D eigenvalue weighted by Gasteiger charge is 2.36. The fourth-order valence-corrected chi connectivity index (χ4v) is 3.91. The van der Waals surface area contributed by atoms with Crippen molar-refractivity contribution in [2.45, 2.75) is 18.6 Å². The Hall–Kier alpha value is -3.97. The normalized spacial score (nSPS) is 17.3. The maximum absolute atomic E-state index is 13.1. The number of aromatic hydroxyl groups is 2. The van der Waals surface area contributed by atoms with Gasteiger partial charge in [-0.05, 0) is 29.3 Å². The third-order valence-corrected chi connectivity index (χ3v) is 5.56. The number of ketones is 1. The first-order valence-corrected chi connectivity index (χ1v) is 10.3. The first-order valence-electron chi connectivity index (χ1n) is 10.3. The Morgan fingerprint density at radius 2 is 1.73 bits per heavy atom. The molecule has 170 valence electrons. The Kier molecular flexibility index (Phi) is 6.24. The highest BCUT2D eigenvalue weighted by molar-refractivity contribution is 6.11. The monoisotopic (exact) mass is 448 g/mol. The van der Waals surface area contributed by atoms with Gasteiger partial charge in [0, 0.05) is 18.1 Å². The number of hydrogen-bond acceptors (Lipinski definition) is 7. The number of carbonyl (C=O) groups excluding carboxylic acids is 1. The molecule has 1 aliphatic heterocycles.